The lowest BCUT2D eigenvalue weighted by atomic mass is 10.2. The van der Waals surface area contributed by atoms with Gasteiger partial charge < -0.3 is 0 Å². The topological polar surface area (TPSA) is 0 Å². The van der Waals surface area contributed by atoms with Gasteiger partial charge in [0.05, 0.1) is 0 Å². The summed E-state index contributed by atoms with van der Waals surface area (Å²) in [7, 11) is 0. The van der Waals surface area contributed by atoms with Gasteiger partial charge in [0.25, 0.3) is 0 Å². The predicted octanol–water partition coefficient (Wildman–Crippen LogP) is 5.37. The Morgan fingerprint density at radius 3 is 1.38 bits per heavy atom. The SMILES string of the molecule is C=CC/C=C/C/C=C/C/C=C/C/C=C/CC. The van der Waals surface area contributed by atoms with Crippen LogP contribution in [0.4, 0.5) is 0 Å². The summed E-state index contributed by atoms with van der Waals surface area (Å²) in [6.45, 7) is 5.82. The van der Waals surface area contributed by atoms with Crippen molar-refractivity contribution < 1.29 is 0 Å². The van der Waals surface area contributed by atoms with Crippen molar-refractivity contribution in [3.05, 3.63) is 61.3 Å². The minimum atomic E-state index is 0.970. The van der Waals surface area contributed by atoms with Crippen molar-refractivity contribution in [3.8, 4) is 0 Å². The fourth-order valence-corrected chi connectivity index (χ4v) is 1.17. The molecule has 0 saturated carbocycles. The normalized spacial score (nSPS) is 12.6. The minimum Gasteiger partial charge on any atom is -0.103 e. The molecule has 0 spiro atoms. The Morgan fingerprint density at radius 1 is 0.625 bits per heavy atom. The van der Waals surface area contributed by atoms with E-state index < -0.39 is 0 Å². The molecule has 0 aromatic heterocycles. The summed E-state index contributed by atoms with van der Waals surface area (Å²) >= 11 is 0. The molecule has 0 atom stereocenters. The molecule has 0 aliphatic rings. The molecule has 0 aliphatic heterocycles. The first-order valence-electron chi connectivity index (χ1n) is 6.12. The van der Waals surface area contributed by atoms with Crippen LogP contribution in [0.2, 0.25) is 0 Å². The van der Waals surface area contributed by atoms with E-state index in [1.54, 1.807) is 0 Å². The van der Waals surface area contributed by atoms with E-state index in [0.29, 0.717) is 0 Å². The lowest BCUT2D eigenvalue weighted by Gasteiger charge is -1.84. The minimum absolute atomic E-state index is 0.970. The second-order valence-electron chi connectivity index (χ2n) is 3.53. The number of allylic oxidation sites excluding steroid dienone is 9. The van der Waals surface area contributed by atoms with E-state index in [2.05, 4.69) is 62.1 Å². The van der Waals surface area contributed by atoms with Crippen molar-refractivity contribution in [1.29, 1.82) is 0 Å². The van der Waals surface area contributed by atoms with Crippen LogP contribution in [0.3, 0.4) is 0 Å². The molecule has 0 unspecified atom stereocenters. The average Bonchev–Trinajstić information content (AvgIpc) is 2.31. The van der Waals surface area contributed by atoms with Gasteiger partial charge in [0.1, 0.15) is 0 Å². The highest BCUT2D eigenvalue weighted by atomic mass is 13.8. The Balaban J connectivity index is 3.39. The van der Waals surface area contributed by atoms with Gasteiger partial charge in [-0.3, -0.25) is 0 Å². The fourth-order valence-electron chi connectivity index (χ4n) is 1.17. The lowest BCUT2D eigenvalue weighted by molar-refractivity contribution is 1.19. The summed E-state index contributed by atoms with van der Waals surface area (Å²) in [5.74, 6) is 0. The lowest BCUT2D eigenvalue weighted by Crippen LogP contribution is -1.63. The third-order valence-electron chi connectivity index (χ3n) is 2.02. The third-order valence-corrected chi connectivity index (χ3v) is 2.02. The van der Waals surface area contributed by atoms with Crippen LogP contribution in [0.1, 0.15) is 39.0 Å². The van der Waals surface area contributed by atoms with Crippen LogP contribution in [-0.4, -0.2) is 0 Å². The Hall–Kier alpha value is -1.30. The second kappa shape index (κ2) is 13.7. The summed E-state index contributed by atoms with van der Waals surface area (Å²) in [6.07, 6.45) is 24.7. The van der Waals surface area contributed by atoms with Gasteiger partial charge in [-0.1, -0.05) is 61.6 Å². The van der Waals surface area contributed by atoms with Crippen LogP contribution in [0, 0.1) is 0 Å². The molecule has 0 nitrogen and oxygen atoms in total. The van der Waals surface area contributed by atoms with Gasteiger partial charge >= 0.3 is 0 Å². The molecule has 0 saturated heterocycles. The summed E-state index contributed by atoms with van der Waals surface area (Å²) in [6, 6.07) is 0. The van der Waals surface area contributed by atoms with Crippen LogP contribution >= 0.6 is 0 Å². The smallest absolute Gasteiger partial charge is 0.0169 e. The number of rotatable bonds is 9. The molecule has 0 N–H and O–H groups in total. The van der Waals surface area contributed by atoms with Crippen LogP contribution in [0.25, 0.3) is 0 Å². The van der Waals surface area contributed by atoms with E-state index in [9.17, 15) is 0 Å². The quantitative estimate of drug-likeness (QED) is 0.455. The molecule has 0 fully saturated rings. The summed E-state index contributed by atoms with van der Waals surface area (Å²) in [5.41, 5.74) is 0. The highest BCUT2D eigenvalue weighted by Crippen LogP contribution is 1.94. The Labute approximate surface area is 101 Å². The highest BCUT2D eigenvalue weighted by molar-refractivity contribution is 4.99. The first kappa shape index (κ1) is 14.7. The molecule has 0 rings (SSSR count). The van der Waals surface area contributed by atoms with Crippen molar-refractivity contribution in [1.82, 2.24) is 0 Å². The average molecular weight is 216 g/mol. The molecule has 0 amide bonds. The monoisotopic (exact) mass is 216 g/mol. The molecule has 16 heavy (non-hydrogen) atoms. The van der Waals surface area contributed by atoms with Gasteiger partial charge in [-0.25, -0.2) is 0 Å². The molecule has 88 valence electrons. The molecular formula is C16H24. The van der Waals surface area contributed by atoms with E-state index in [4.69, 9.17) is 0 Å². The van der Waals surface area contributed by atoms with Crippen molar-refractivity contribution in [2.24, 2.45) is 0 Å². The Morgan fingerprint density at radius 2 is 1.00 bits per heavy atom. The molecule has 0 radical (unpaired) electrons. The summed E-state index contributed by atoms with van der Waals surface area (Å²) in [4.78, 5) is 0. The zero-order valence-corrected chi connectivity index (χ0v) is 10.4. The van der Waals surface area contributed by atoms with Gasteiger partial charge in [0, 0.05) is 0 Å². The van der Waals surface area contributed by atoms with Gasteiger partial charge in [-0.2, -0.15) is 0 Å². The van der Waals surface area contributed by atoms with Crippen molar-refractivity contribution in [2.75, 3.05) is 0 Å². The zero-order valence-electron chi connectivity index (χ0n) is 10.4. The maximum absolute atomic E-state index is 3.67. The standard InChI is InChI=1S/C16H24/c1-3-5-7-9-11-13-15-16-14-12-10-8-6-4-2/h3,6-9,12-15H,1,4-5,10-11,16H2,2H3/b8-6+,9-7+,14-12+,15-13+. The van der Waals surface area contributed by atoms with Crippen LogP contribution < -0.4 is 0 Å². The maximum atomic E-state index is 3.67. The molecule has 0 aromatic carbocycles. The number of hydrogen-bond donors (Lipinski definition) is 0. The van der Waals surface area contributed by atoms with Crippen LogP contribution in [-0.2, 0) is 0 Å². The fraction of sp³-hybridized carbons (Fsp3) is 0.375. The van der Waals surface area contributed by atoms with Crippen molar-refractivity contribution >= 4 is 0 Å². The van der Waals surface area contributed by atoms with Gasteiger partial charge in [0.15, 0.2) is 0 Å². The molecule has 0 heterocycles. The Kier molecular flexibility index (Phi) is 12.6. The third kappa shape index (κ3) is 12.7. The van der Waals surface area contributed by atoms with Gasteiger partial charge in [0.2, 0.25) is 0 Å². The van der Waals surface area contributed by atoms with Gasteiger partial charge in [-0.05, 0) is 32.1 Å². The van der Waals surface area contributed by atoms with Crippen molar-refractivity contribution in [3.63, 3.8) is 0 Å². The molecule has 0 bridgehead atoms. The molecule has 0 aromatic rings. The Bertz CT molecular complexity index is 251. The highest BCUT2D eigenvalue weighted by Gasteiger charge is 1.73. The van der Waals surface area contributed by atoms with Crippen molar-refractivity contribution in [2.45, 2.75) is 39.0 Å². The molecular weight excluding hydrogens is 192 g/mol. The molecule has 0 heteroatoms. The largest absolute Gasteiger partial charge is 0.103 e. The van der Waals surface area contributed by atoms with Crippen LogP contribution in [0.15, 0.2) is 61.3 Å². The molecule has 0 aliphatic carbocycles. The van der Waals surface area contributed by atoms with Crippen LogP contribution in [0.5, 0.6) is 0 Å². The van der Waals surface area contributed by atoms with E-state index in [1.807, 2.05) is 6.08 Å². The first-order chi connectivity index (χ1) is 7.91. The van der Waals surface area contributed by atoms with E-state index >= 15 is 0 Å². The number of hydrogen-bond acceptors (Lipinski definition) is 0. The van der Waals surface area contributed by atoms with E-state index in [1.165, 1.54) is 0 Å². The van der Waals surface area contributed by atoms with Gasteiger partial charge in [-0.15, -0.1) is 6.58 Å². The zero-order chi connectivity index (χ0) is 11.9. The summed E-state index contributed by atoms with van der Waals surface area (Å²) in [5, 5.41) is 0. The maximum Gasteiger partial charge on any atom is -0.0169 e. The van der Waals surface area contributed by atoms with E-state index in [-0.39, 0.29) is 0 Å². The summed E-state index contributed by atoms with van der Waals surface area (Å²) < 4.78 is 0. The van der Waals surface area contributed by atoms with E-state index in [0.717, 1.165) is 32.1 Å². The first-order valence-corrected chi connectivity index (χ1v) is 6.12. The second-order valence-corrected chi connectivity index (χ2v) is 3.53. The predicted molar refractivity (Wildman–Crippen MR) is 75.5 cm³/mol.